The molecule has 0 aromatic rings. The van der Waals surface area contributed by atoms with Gasteiger partial charge in [0, 0.05) is 25.1 Å². The summed E-state index contributed by atoms with van der Waals surface area (Å²) >= 11 is 5.72. The summed E-state index contributed by atoms with van der Waals surface area (Å²) in [4.78, 5) is 0. The summed E-state index contributed by atoms with van der Waals surface area (Å²) in [5, 5.41) is 0. The monoisotopic (exact) mass is 224 g/mol. The van der Waals surface area contributed by atoms with Crippen LogP contribution >= 0.6 is 11.6 Å². The Morgan fingerprint density at radius 3 is 1.85 bits per heavy atom. The van der Waals surface area contributed by atoms with Crippen LogP contribution in [0.3, 0.4) is 0 Å². The predicted molar refractivity (Wildman–Crippen MR) is 59.6 cm³/mol. The van der Waals surface area contributed by atoms with E-state index in [-0.39, 0.29) is 0 Å². The molecule has 0 saturated carbocycles. The molecule has 80 valence electrons. The summed E-state index contributed by atoms with van der Waals surface area (Å²) in [7, 11) is -1.92. The van der Waals surface area contributed by atoms with E-state index in [0.717, 1.165) is 32.1 Å². The predicted octanol–water partition coefficient (Wildman–Crippen LogP) is 3.15. The summed E-state index contributed by atoms with van der Waals surface area (Å²) in [5.74, 6) is 0.635. The first-order chi connectivity index (χ1) is 6.18. The van der Waals surface area contributed by atoms with Gasteiger partial charge >= 0.3 is 8.56 Å². The normalized spacial score (nSPS) is 12.0. The number of halogens is 1. The van der Waals surface area contributed by atoms with Gasteiger partial charge in [-0.05, 0) is 19.4 Å². The molecule has 0 amide bonds. The molecule has 0 saturated heterocycles. The fourth-order valence-electron chi connectivity index (χ4n) is 0.994. The van der Waals surface area contributed by atoms with Gasteiger partial charge in [-0.2, -0.15) is 0 Å². The van der Waals surface area contributed by atoms with E-state index >= 15 is 0 Å². The minimum absolute atomic E-state index is 0.635. The molecule has 0 radical (unpaired) electrons. The van der Waals surface area contributed by atoms with Crippen LogP contribution in [0.25, 0.3) is 0 Å². The molecular formula is C9H21ClO2Si. The Morgan fingerprint density at radius 2 is 1.54 bits per heavy atom. The van der Waals surface area contributed by atoms with Crippen molar-refractivity contribution in [3.8, 4) is 0 Å². The number of rotatable bonds is 8. The highest BCUT2D eigenvalue weighted by molar-refractivity contribution is 6.66. The molecular weight excluding hydrogens is 204 g/mol. The van der Waals surface area contributed by atoms with Crippen LogP contribution in [0, 0.1) is 0 Å². The third kappa shape index (κ3) is 6.49. The van der Waals surface area contributed by atoms with Crippen LogP contribution in [-0.2, 0) is 8.85 Å². The summed E-state index contributed by atoms with van der Waals surface area (Å²) in [6.07, 6.45) is 2.08. The minimum atomic E-state index is -1.92. The van der Waals surface area contributed by atoms with E-state index in [9.17, 15) is 0 Å². The molecule has 2 nitrogen and oxygen atoms in total. The van der Waals surface area contributed by atoms with Crippen LogP contribution < -0.4 is 0 Å². The molecule has 0 bridgehead atoms. The Balaban J connectivity index is 3.84. The summed E-state index contributed by atoms with van der Waals surface area (Å²) in [5.41, 5.74) is 0. The Labute approximate surface area is 87.8 Å². The van der Waals surface area contributed by atoms with Crippen molar-refractivity contribution >= 4 is 20.2 Å². The lowest BCUT2D eigenvalue weighted by Gasteiger charge is -2.25. The zero-order chi connectivity index (χ0) is 10.2. The number of alkyl halides is 1. The zero-order valence-electron chi connectivity index (χ0n) is 8.94. The highest BCUT2D eigenvalue weighted by Gasteiger charge is 2.30. The first kappa shape index (κ1) is 13.4. The van der Waals surface area contributed by atoms with Crippen LogP contribution in [0.5, 0.6) is 0 Å². The maximum absolute atomic E-state index is 5.75. The zero-order valence-corrected chi connectivity index (χ0v) is 10.7. The number of hydrogen-bond acceptors (Lipinski definition) is 2. The molecule has 0 aliphatic carbocycles. The minimum Gasteiger partial charge on any atom is -0.394 e. The highest BCUT2D eigenvalue weighted by Crippen LogP contribution is 2.15. The summed E-state index contributed by atoms with van der Waals surface area (Å²) < 4.78 is 11.5. The van der Waals surface area contributed by atoms with Gasteiger partial charge in [-0.3, -0.25) is 0 Å². The molecule has 0 aromatic heterocycles. The standard InChI is InChI=1S/C9H21ClO2Si/c1-4-7-11-13(3,9-6-10)12-8-5-2/h4-9H2,1-3H3. The topological polar surface area (TPSA) is 18.5 Å². The van der Waals surface area contributed by atoms with Crippen LogP contribution in [0.1, 0.15) is 26.7 Å². The van der Waals surface area contributed by atoms with E-state index in [1.54, 1.807) is 0 Å². The molecule has 0 aromatic carbocycles. The van der Waals surface area contributed by atoms with Crippen LogP contribution in [0.15, 0.2) is 0 Å². The SMILES string of the molecule is CCCO[Si](C)(CCCl)OCCC. The fourth-order valence-corrected chi connectivity index (χ4v) is 4.01. The molecule has 0 heterocycles. The Bertz CT molecular complexity index is 114. The first-order valence-corrected chi connectivity index (χ1v) is 8.08. The third-order valence-corrected chi connectivity index (χ3v) is 5.07. The molecule has 0 fully saturated rings. The van der Waals surface area contributed by atoms with E-state index in [1.807, 2.05) is 0 Å². The summed E-state index contributed by atoms with van der Waals surface area (Å²) in [6.45, 7) is 7.90. The van der Waals surface area contributed by atoms with Gasteiger partial charge in [0.05, 0.1) is 0 Å². The van der Waals surface area contributed by atoms with Crippen LogP contribution in [0.4, 0.5) is 0 Å². The second-order valence-corrected chi connectivity index (χ2v) is 6.99. The second kappa shape index (κ2) is 7.80. The van der Waals surface area contributed by atoms with Crippen molar-refractivity contribution in [2.45, 2.75) is 39.3 Å². The molecule has 13 heavy (non-hydrogen) atoms. The van der Waals surface area contributed by atoms with Gasteiger partial charge in [0.15, 0.2) is 0 Å². The van der Waals surface area contributed by atoms with Gasteiger partial charge in [-0.25, -0.2) is 0 Å². The van der Waals surface area contributed by atoms with Crippen molar-refractivity contribution in [3.05, 3.63) is 0 Å². The van der Waals surface area contributed by atoms with Gasteiger partial charge in [0.2, 0.25) is 0 Å². The van der Waals surface area contributed by atoms with Crippen molar-refractivity contribution in [3.63, 3.8) is 0 Å². The second-order valence-electron chi connectivity index (χ2n) is 3.27. The maximum Gasteiger partial charge on any atom is 0.336 e. The Hall–Kier alpha value is 0.427. The van der Waals surface area contributed by atoms with Gasteiger partial charge in [-0.15, -0.1) is 11.6 Å². The average Bonchev–Trinajstić information content (AvgIpc) is 2.12. The lowest BCUT2D eigenvalue weighted by atomic mass is 10.5. The smallest absolute Gasteiger partial charge is 0.336 e. The highest BCUT2D eigenvalue weighted by atomic mass is 35.5. The third-order valence-electron chi connectivity index (χ3n) is 1.77. The summed E-state index contributed by atoms with van der Waals surface area (Å²) in [6, 6.07) is 0.883. The average molecular weight is 225 g/mol. The van der Waals surface area contributed by atoms with Crippen molar-refractivity contribution in [1.82, 2.24) is 0 Å². The number of hydrogen-bond donors (Lipinski definition) is 0. The lowest BCUT2D eigenvalue weighted by molar-refractivity contribution is 0.174. The van der Waals surface area contributed by atoms with E-state index in [1.165, 1.54) is 0 Å². The van der Waals surface area contributed by atoms with Gasteiger partial charge in [0.1, 0.15) is 0 Å². The van der Waals surface area contributed by atoms with Gasteiger partial charge < -0.3 is 8.85 Å². The lowest BCUT2D eigenvalue weighted by Crippen LogP contribution is -2.39. The fraction of sp³-hybridized carbons (Fsp3) is 1.00. The molecule has 0 rings (SSSR count). The Morgan fingerprint density at radius 1 is 1.08 bits per heavy atom. The van der Waals surface area contributed by atoms with E-state index < -0.39 is 8.56 Å². The maximum atomic E-state index is 5.75. The molecule has 4 heteroatoms. The largest absolute Gasteiger partial charge is 0.394 e. The Kier molecular flexibility index (Phi) is 8.05. The van der Waals surface area contributed by atoms with E-state index in [0.29, 0.717) is 5.88 Å². The van der Waals surface area contributed by atoms with Crippen LogP contribution in [-0.4, -0.2) is 27.7 Å². The van der Waals surface area contributed by atoms with Crippen molar-refractivity contribution in [2.75, 3.05) is 19.1 Å². The molecule has 0 unspecified atom stereocenters. The first-order valence-electron chi connectivity index (χ1n) is 5.02. The molecule has 0 aliphatic heterocycles. The van der Waals surface area contributed by atoms with E-state index in [2.05, 4.69) is 20.4 Å². The van der Waals surface area contributed by atoms with Crippen molar-refractivity contribution < 1.29 is 8.85 Å². The van der Waals surface area contributed by atoms with Crippen molar-refractivity contribution in [1.29, 1.82) is 0 Å². The molecule has 0 spiro atoms. The van der Waals surface area contributed by atoms with Crippen LogP contribution in [0.2, 0.25) is 12.6 Å². The quantitative estimate of drug-likeness (QED) is 0.466. The molecule has 0 N–H and O–H groups in total. The van der Waals surface area contributed by atoms with Gasteiger partial charge in [0.25, 0.3) is 0 Å². The van der Waals surface area contributed by atoms with E-state index in [4.69, 9.17) is 20.5 Å². The molecule has 0 atom stereocenters. The van der Waals surface area contributed by atoms with Gasteiger partial charge in [-0.1, -0.05) is 13.8 Å². The molecule has 0 aliphatic rings. The van der Waals surface area contributed by atoms with Crippen molar-refractivity contribution in [2.24, 2.45) is 0 Å².